The minimum Gasteiger partial charge on any atom is -0.507 e. The quantitative estimate of drug-likeness (QED) is 0.391. The molecule has 2 aliphatic heterocycles. The summed E-state index contributed by atoms with van der Waals surface area (Å²) in [6.07, 6.45) is 1.45. The van der Waals surface area contributed by atoms with E-state index in [2.05, 4.69) is 0 Å². The van der Waals surface area contributed by atoms with Crippen molar-refractivity contribution in [1.82, 2.24) is 4.90 Å². The highest BCUT2D eigenvalue weighted by Crippen LogP contribution is 2.41. The van der Waals surface area contributed by atoms with Crippen LogP contribution in [-0.4, -0.2) is 47.6 Å². The number of benzene rings is 2. The molecule has 0 aromatic heterocycles. The van der Waals surface area contributed by atoms with Crippen LogP contribution in [0.4, 0.5) is 4.39 Å². The SMILES string of the molecule is CCOc1cc(/C(O)=C2/C(=O)C(=O)N(CC3CCCO3)C2c2ccc(F)cc2)ccc1Cl. The molecule has 8 heteroatoms. The Morgan fingerprint density at radius 3 is 2.66 bits per heavy atom. The maximum Gasteiger partial charge on any atom is 0.295 e. The maximum absolute atomic E-state index is 13.6. The van der Waals surface area contributed by atoms with Crippen LogP contribution in [-0.2, 0) is 14.3 Å². The van der Waals surface area contributed by atoms with Gasteiger partial charge in [-0.05, 0) is 55.7 Å². The van der Waals surface area contributed by atoms with Crippen molar-refractivity contribution >= 4 is 29.1 Å². The zero-order valence-corrected chi connectivity index (χ0v) is 18.3. The van der Waals surface area contributed by atoms with E-state index in [0.29, 0.717) is 35.1 Å². The molecule has 1 N–H and O–H groups in total. The molecule has 6 nitrogen and oxygen atoms in total. The summed E-state index contributed by atoms with van der Waals surface area (Å²) in [6.45, 7) is 2.97. The number of rotatable bonds is 6. The number of ether oxygens (including phenoxy) is 2. The van der Waals surface area contributed by atoms with E-state index in [-0.39, 0.29) is 24.0 Å². The first-order valence-electron chi connectivity index (χ1n) is 10.5. The second-order valence-corrected chi connectivity index (χ2v) is 8.12. The van der Waals surface area contributed by atoms with Crippen molar-refractivity contribution in [3.63, 3.8) is 0 Å². The predicted molar refractivity (Wildman–Crippen MR) is 117 cm³/mol. The highest BCUT2D eigenvalue weighted by atomic mass is 35.5. The Balaban J connectivity index is 1.82. The molecule has 2 heterocycles. The van der Waals surface area contributed by atoms with Gasteiger partial charge in [-0.1, -0.05) is 23.7 Å². The number of ketones is 1. The first-order valence-corrected chi connectivity index (χ1v) is 10.9. The van der Waals surface area contributed by atoms with Gasteiger partial charge in [-0.2, -0.15) is 0 Å². The molecule has 4 rings (SSSR count). The Hall–Kier alpha value is -2.90. The molecule has 2 atom stereocenters. The van der Waals surface area contributed by atoms with E-state index >= 15 is 0 Å². The standard InChI is InChI=1S/C24H23ClFNO5/c1-2-31-19-12-15(7-10-18(19)25)22(28)20-21(14-5-8-16(26)9-6-14)27(24(30)23(20)29)13-17-4-3-11-32-17/h5-10,12,17,21,28H,2-4,11,13H2,1H3/b22-20-. The molecule has 0 saturated carbocycles. The molecule has 0 bridgehead atoms. The number of likely N-dealkylation sites (tertiary alicyclic amines) is 1. The zero-order chi connectivity index (χ0) is 22.8. The number of hydrogen-bond donors (Lipinski definition) is 1. The summed E-state index contributed by atoms with van der Waals surface area (Å²) in [7, 11) is 0. The van der Waals surface area contributed by atoms with E-state index in [0.717, 1.165) is 12.8 Å². The lowest BCUT2D eigenvalue weighted by molar-refractivity contribution is -0.140. The third kappa shape index (κ3) is 4.23. The molecule has 2 unspecified atom stereocenters. The van der Waals surface area contributed by atoms with Gasteiger partial charge in [-0.25, -0.2) is 4.39 Å². The van der Waals surface area contributed by atoms with Gasteiger partial charge in [0.15, 0.2) is 0 Å². The minimum absolute atomic E-state index is 0.0654. The topological polar surface area (TPSA) is 76.1 Å². The molecule has 2 fully saturated rings. The number of carbonyl (C=O) groups is 2. The van der Waals surface area contributed by atoms with Crippen LogP contribution < -0.4 is 4.74 Å². The Kier molecular flexibility index (Phi) is 6.48. The molecule has 168 valence electrons. The number of carbonyl (C=O) groups excluding carboxylic acids is 2. The number of amides is 1. The largest absolute Gasteiger partial charge is 0.507 e. The summed E-state index contributed by atoms with van der Waals surface area (Å²) in [6, 6.07) is 9.30. The van der Waals surface area contributed by atoms with Crippen molar-refractivity contribution in [2.45, 2.75) is 31.9 Å². The fraction of sp³-hybridized carbons (Fsp3) is 0.333. The average Bonchev–Trinajstić information content (AvgIpc) is 3.38. The summed E-state index contributed by atoms with van der Waals surface area (Å²) in [4.78, 5) is 27.4. The van der Waals surface area contributed by atoms with E-state index < -0.39 is 23.5 Å². The number of nitrogens with zero attached hydrogens (tertiary/aromatic N) is 1. The number of Topliss-reactive ketones (excluding diaryl/α,β-unsaturated/α-hetero) is 1. The normalized spacial score (nSPS) is 22.5. The van der Waals surface area contributed by atoms with Gasteiger partial charge in [0.25, 0.3) is 11.7 Å². The van der Waals surface area contributed by atoms with Gasteiger partial charge < -0.3 is 19.5 Å². The van der Waals surface area contributed by atoms with Crippen molar-refractivity contribution in [3.05, 3.63) is 70.0 Å². The van der Waals surface area contributed by atoms with Crippen molar-refractivity contribution in [2.75, 3.05) is 19.8 Å². The van der Waals surface area contributed by atoms with Crippen molar-refractivity contribution < 1.29 is 28.6 Å². The van der Waals surface area contributed by atoms with E-state index in [1.807, 2.05) is 0 Å². The van der Waals surface area contributed by atoms with E-state index in [1.165, 1.54) is 35.2 Å². The monoisotopic (exact) mass is 459 g/mol. The fourth-order valence-electron chi connectivity index (χ4n) is 4.14. The van der Waals surface area contributed by atoms with Gasteiger partial charge in [-0.15, -0.1) is 0 Å². The summed E-state index contributed by atoms with van der Waals surface area (Å²) < 4.78 is 24.7. The molecule has 0 aliphatic carbocycles. The lowest BCUT2D eigenvalue weighted by atomic mass is 9.95. The molecule has 32 heavy (non-hydrogen) atoms. The third-order valence-corrected chi connectivity index (χ3v) is 5.97. The number of hydrogen-bond acceptors (Lipinski definition) is 5. The van der Waals surface area contributed by atoms with Crippen molar-refractivity contribution in [1.29, 1.82) is 0 Å². The Morgan fingerprint density at radius 2 is 2.00 bits per heavy atom. The molecular formula is C24H23ClFNO5. The van der Waals surface area contributed by atoms with Crippen LogP contribution in [0.1, 0.15) is 36.9 Å². The molecule has 1 amide bonds. The van der Waals surface area contributed by atoms with Crippen LogP contribution in [0, 0.1) is 5.82 Å². The smallest absolute Gasteiger partial charge is 0.295 e. The number of aliphatic hydroxyl groups is 1. The zero-order valence-electron chi connectivity index (χ0n) is 17.5. The van der Waals surface area contributed by atoms with Gasteiger partial charge in [0.1, 0.15) is 17.3 Å². The molecule has 2 saturated heterocycles. The highest BCUT2D eigenvalue weighted by molar-refractivity contribution is 6.46. The molecule has 2 aliphatic rings. The Morgan fingerprint density at radius 1 is 1.25 bits per heavy atom. The summed E-state index contributed by atoms with van der Waals surface area (Å²) >= 11 is 6.15. The fourth-order valence-corrected chi connectivity index (χ4v) is 4.31. The van der Waals surface area contributed by atoms with Crippen LogP contribution in [0.3, 0.4) is 0 Å². The first kappa shape index (κ1) is 22.3. The van der Waals surface area contributed by atoms with Gasteiger partial charge >= 0.3 is 0 Å². The lowest BCUT2D eigenvalue weighted by Gasteiger charge is -2.27. The van der Waals surface area contributed by atoms with Crippen LogP contribution in [0.15, 0.2) is 48.0 Å². The van der Waals surface area contributed by atoms with Crippen LogP contribution >= 0.6 is 11.6 Å². The van der Waals surface area contributed by atoms with E-state index in [4.69, 9.17) is 21.1 Å². The molecule has 2 aromatic carbocycles. The van der Waals surface area contributed by atoms with Gasteiger partial charge in [0, 0.05) is 18.7 Å². The Bertz CT molecular complexity index is 1060. The van der Waals surface area contributed by atoms with Crippen LogP contribution in [0.5, 0.6) is 5.75 Å². The highest BCUT2D eigenvalue weighted by Gasteiger charge is 2.47. The molecule has 0 spiro atoms. The lowest BCUT2D eigenvalue weighted by Crippen LogP contribution is -2.36. The van der Waals surface area contributed by atoms with E-state index in [1.54, 1.807) is 19.1 Å². The van der Waals surface area contributed by atoms with Gasteiger partial charge in [0.05, 0.1) is 29.3 Å². The molecule has 0 radical (unpaired) electrons. The second-order valence-electron chi connectivity index (χ2n) is 7.72. The number of halogens is 2. The van der Waals surface area contributed by atoms with Gasteiger partial charge in [0.2, 0.25) is 0 Å². The average molecular weight is 460 g/mol. The first-order chi connectivity index (χ1) is 15.4. The predicted octanol–water partition coefficient (Wildman–Crippen LogP) is 4.48. The van der Waals surface area contributed by atoms with Crippen molar-refractivity contribution in [2.24, 2.45) is 0 Å². The van der Waals surface area contributed by atoms with Gasteiger partial charge in [-0.3, -0.25) is 9.59 Å². The minimum atomic E-state index is -0.869. The summed E-state index contributed by atoms with van der Waals surface area (Å²) in [5.41, 5.74) is 0.744. The van der Waals surface area contributed by atoms with E-state index in [9.17, 15) is 19.1 Å². The second kappa shape index (κ2) is 9.30. The maximum atomic E-state index is 13.6. The summed E-state index contributed by atoms with van der Waals surface area (Å²) in [5, 5.41) is 11.5. The Labute approximate surface area is 190 Å². The van der Waals surface area contributed by atoms with Crippen LogP contribution in [0.25, 0.3) is 5.76 Å². The number of aliphatic hydroxyl groups excluding tert-OH is 1. The van der Waals surface area contributed by atoms with Crippen LogP contribution in [0.2, 0.25) is 5.02 Å². The summed E-state index contributed by atoms with van der Waals surface area (Å²) in [5.74, 6) is -1.96. The van der Waals surface area contributed by atoms with Crippen molar-refractivity contribution in [3.8, 4) is 5.75 Å². The molecule has 2 aromatic rings. The third-order valence-electron chi connectivity index (χ3n) is 5.65. The molecular weight excluding hydrogens is 437 g/mol.